The smallest absolute Gasteiger partial charge is 0.306 e. The second kappa shape index (κ2) is 10.0. The Morgan fingerprint density at radius 2 is 1.83 bits per heavy atom. The number of methoxy groups -OCH3 is 1. The van der Waals surface area contributed by atoms with Gasteiger partial charge in [0.15, 0.2) is 0 Å². The molecule has 3 aromatic carbocycles. The molecule has 0 amide bonds. The van der Waals surface area contributed by atoms with Gasteiger partial charge >= 0.3 is 5.97 Å². The number of carbonyl (C=O) groups is 1. The molecular formula is C29H31NO5. The first-order valence-electron chi connectivity index (χ1n) is 12.0. The quantitative estimate of drug-likeness (QED) is 0.468. The first kappa shape index (κ1) is 23.2. The third-order valence-corrected chi connectivity index (χ3v) is 6.68. The Morgan fingerprint density at radius 3 is 2.54 bits per heavy atom. The lowest BCUT2D eigenvalue weighted by Gasteiger charge is -2.28. The Bertz CT molecular complexity index is 1210. The third kappa shape index (κ3) is 5.13. The zero-order chi connectivity index (χ0) is 24.4. The van der Waals surface area contributed by atoms with Gasteiger partial charge in [-0.05, 0) is 65.9 Å². The lowest BCUT2D eigenvalue weighted by molar-refractivity contribution is -0.141. The predicted molar refractivity (Wildman–Crippen MR) is 134 cm³/mol. The molecule has 2 heterocycles. The number of esters is 1. The van der Waals surface area contributed by atoms with Crippen molar-refractivity contribution in [3.8, 4) is 28.4 Å². The summed E-state index contributed by atoms with van der Waals surface area (Å²) in [6.45, 7) is 7.02. The van der Waals surface area contributed by atoms with Gasteiger partial charge in [-0.15, -0.1) is 0 Å². The highest BCUT2D eigenvalue weighted by Gasteiger charge is 2.27. The van der Waals surface area contributed by atoms with Crippen LogP contribution in [0.5, 0.6) is 17.2 Å². The zero-order valence-electron chi connectivity index (χ0n) is 20.4. The monoisotopic (exact) mass is 473 g/mol. The lowest BCUT2D eigenvalue weighted by Crippen LogP contribution is -2.50. The molecule has 0 bridgehead atoms. The number of rotatable bonds is 8. The molecule has 1 saturated heterocycles. The van der Waals surface area contributed by atoms with Gasteiger partial charge in [-0.2, -0.15) is 0 Å². The lowest BCUT2D eigenvalue weighted by atomic mass is 9.94. The average Bonchev–Trinajstić information content (AvgIpc) is 3.21. The highest BCUT2D eigenvalue weighted by atomic mass is 16.5. The Morgan fingerprint density at radius 1 is 1.03 bits per heavy atom. The van der Waals surface area contributed by atoms with Crippen LogP contribution in [-0.2, 0) is 16.1 Å². The van der Waals surface area contributed by atoms with Crippen LogP contribution in [0.4, 0.5) is 0 Å². The topological polar surface area (TPSA) is 66.0 Å². The highest BCUT2D eigenvalue weighted by Crippen LogP contribution is 2.38. The zero-order valence-corrected chi connectivity index (χ0v) is 20.4. The van der Waals surface area contributed by atoms with E-state index in [0.29, 0.717) is 19.6 Å². The Labute approximate surface area is 206 Å². The minimum Gasteiger partial charge on any atom is -0.492 e. The summed E-state index contributed by atoms with van der Waals surface area (Å²) in [5, 5.41) is 3.24. The number of aryl methyl sites for hydroxylation is 2. The largest absolute Gasteiger partial charge is 0.492 e. The molecule has 182 valence electrons. The summed E-state index contributed by atoms with van der Waals surface area (Å²) in [6.07, 6.45) is 0.587. The van der Waals surface area contributed by atoms with Gasteiger partial charge in [-0.25, -0.2) is 0 Å². The molecule has 0 unspecified atom stereocenters. The molecule has 6 nitrogen and oxygen atoms in total. The van der Waals surface area contributed by atoms with Crippen molar-refractivity contribution in [2.75, 3.05) is 26.8 Å². The third-order valence-electron chi connectivity index (χ3n) is 6.68. The van der Waals surface area contributed by atoms with E-state index in [1.54, 1.807) is 0 Å². The van der Waals surface area contributed by atoms with Crippen molar-refractivity contribution in [1.82, 2.24) is 5.32 Å². The number of nitrogens with one attached hydrogen (secondary N) is 1. The Balaban J connectivity index is 1.27. The van der Waals surface area contributed by atoms with Crippen LogP contribution >= 0.6 is 0 Å². The van der Waals surface area contributed by atoms with Gasteiger partial charge in [0.1, 0.15) is 30.0 Å². The maximum atomic E-state index is 11.6. The van der Waals surface area contributed by atoms with Crippen LogP contribution in [0, 0.1) is 13.8 Å². The molecule has 0 saturated carbocycles. The number of ether oxygens (including phenoxy) is 4. The fourth-order valence-corrected chi connectivity index (χ4v) is 4.77. The van der Waals surface area contributed by atoms with Crippen LogP contribution in [0.25, 0.3) is 11.1 Å². The fraction of sp³-hybridized carbons (Fsp3) is 0.345. The Hall–Kier alpha value is -3.51. The number of hydrogen-bond acceptors (Lipinski definition) is 6. The van der Waals surface area contributed by atoms with E-state index in [0.717, 1.165) is 41.5 Å². The predicted octanol–water partition coefficient (Wildman–Crippen LogP) is 4.94. The van der Waals surface area contributed by atoms with Crippen LogP contribution in [0.15, 0.2) is 54.6 Å². The van der Waals surface area contributed by atoms with Crippen molar-refractivity contribution >= 4 is 5.97 Å². The molecule has 0 radical (unpaired) electrons. The van der Waals surface area contributed by atoms with Crippen molar-refractivity contribution < 1.29 is 23.7 Å². The van der Waals surface area contributed by atoms with Crippen molar-refractivity contribution in [3.05, 3.63) is 76.9 Å². The second-order valence-electron chi connectivity index (χ2n) is 9.31. The van der Waals surface area contributed by atoms with Crippen LogP contribution in [0.3, 0.4) is 0 Å². The summed E-state index contributed by atoms with van der Waals surface area (Å²) in [7, 11) is 1.41. The second-order valence-corrected chi connectivity index (χ2v) is 9.31. The maximum absolute atomic E-state index is 11.6. The standard InChI is InChI=1S/C29H31NO5/c1-18-9-24(35-25-14-30-15-25)10-19(2)29(18)21-6-4-5-20(11-21)16-33-23-7-8-26-22(12-28(31)32-3)17-34-27(26)13-23/h4-11,13,22,25,30H,12,14-17H2,1-3H3/t22-/m1/s1. The van der Waals surface area contributed by atoms with E-state index in [4.69, 9.17) is 18.9 Å². The number of carbonyl (C=O) groups excluding carboxylic acids is 1. The van der Waals surface area contributed by atoms with Gasteiger partial charge in [-0.1, -0.05) is 24.3 Å². The molecule has 3 aromatic rings. The number of fused-ring (bicyclic) bond motifs is 1. The Kier molecular flexibility index (Phi) is 6.64. The summed E-state index contributed by atoms with van der Waals surface area (Å²) >= 11 is 0. The van der Waals surface area contributed by atoms with Crippen LogP contribution < -0.4 is 19.5 Å². The first-order chi connectivity index (χ1) is 17.0. The SMILES string of the molecule is COC(=O)C[C@@H]1COc2cc(OCc3cccc(-c4c(C)cc(OC5CNC5)cc4C)c3)ccc21. The van der Waals surface area contributed by atoms with Gasteiger partial charge in [0.2, 0.25) is 0 Å². The number of benzene rings is 3. The molecule has 0 aliphatic carbocycles. The van der Waals surface area contributed by atoms with Crippen LogP contribution in [0.1, 0.15) is 34.6 Å². The molecular weight excluding hydrogens is 442 g/mol. The van der Waals surface area contributed by atoms with E-state index < -0.39 is 0 Å². The summed E-state index contributed by atoms with van der Waals surface area (Å²) in [4.78, 5) is 11.6. The van der Waals surface area contributed by atoms with Crippen LogP contribution in [-0.4, -0.2) is 38.9 Å². The molecule has 5 rings (SSSR count). The van der Waals surface area contributed by atoms with E-state index >= 15 is 0 Å². The molecule has 1 atom stereocenters. The van der Waals surface area contributed by atoms with Gasteiger partial charge in [0.25, 0.3) is 0 Å². The normalized spacial score (nSPS) is 16.7. The van der Waals surface area contributed by atoms with E-state index in [1.165, 1.54) is 29.4 Å². The first-order valence-corrected chi connectivity index (χ1v) is 12.0. The summed E-state index contributed by atoms with van der Waals surface area (Å²) in [5.74, 6) is 2.25. The van der Waals surface area contributed by atoms with Crippen molar-refractivity contribution in [1.29, 1.82) is 0 Å². The fourth-order valence-electron chi connectivity index (χ4n) is 4.77. The van der Waals surface area contributed by atoms with Crippen LogP contribution in [0.2, 0.25) is 0 Å². The molecule has 1 N–H and O–H groups in total. The highest BCUT2D eigenvalue weighted by molar-refractivity contribution is 5.72. The van der Waals surface area contributed by atoms with Crippen molar-refractivity contribution in [2.45, 2.75) is 38.9 Å². The summed E-state index contributed by atoms with van der Waals surface area (Å²) in [5.41, 5.74) is 6.91. The summed E-state index contributed by atoms with van der Waals surface area (Å²) in [6, 6.07) is 18.5. The van der Waals surface area contributed by atoms with E-state index in [-0.39, 0.29) is 18.0 Å². The molecule has 6 heteroatoms. The molecule has 0 spiro atoms. The maximum Gasteiger partial charge on any atom is 0.306 e. The van der Waals surface area contributed by atoms with Crippen molar-refractivity contribution in [3.63, 3.8) is 0 Å². The average molecular weight is 474 g/mol. The van der Waals surface area contributed by atoms with Crippen molar-refractivity contribution in [2.24, 2.45) is 0 Å². The molecule has 2 aliphatic rings. The molecule has 2 aliphatic heterocycles. The minimum absolute atomic E-state index is 0.0248. The minimum atomic E-state index is -0.227. The van der Waals surface area contributed by atoms with E-state index in [1.807, 2.05) is 18.2 Å². The van der Waals surface area contributed by atoms with Gasteiger partial charge in [0.05, 0.1) is 20.1 Å². The van der Waals surface area contributed by atoms with E-state index in [2.05, 4.69) is 55.6 Å². The van der Waals surface area contributed by atoms with Gasteiger partial charge in [-0.3, -0.25) is 4.79 Å². The van der Waals surface area contributed by atoms with Gasteiger partial charge in [0, 0.05) is 30.6 Å². The summed E-state index contributed by atoms with van der Waals surface area (Å²) < 4.78 is 22.7. The van der Waals surface area contributed by atoms with Gasteiger partial charge < -0.3 is 24.3 Å². The molecule has 1 fully saturated rings. The van der Waals surface area contributed by atoms with E-state index in [9.17, 15) is 4.79 Å². The molecule has 0 aromatic heterocycles. The molecule has 35 heavy (non-hydrogen) atoms. The number of hydrogen-bond donors (Lipinski definition) is 1.